The van der Waals surface area contributed by atoms with Gasteiger partial charge in [0.2, 0.25) is 8.41 Å². The van der Waals surface area contributed by atoms with Crippen LogP contribution in [0.25, 0.3) is 0 Å². The molecule has 1 unspecified atom stereocenters. The predicted octanol–water partition coefficient (Wildman–Crippen LogP) is 4.94. The second-order valence-electron chi connectivity index (χ2n) is 6.91. The van der Waals surface area contributed by atoms with Crippen LogP contribution in [-0.2, 0) is 0 Å². The van der Waals surface area contributed by atoms with E-state index < -0.39 is 16.5 Å². The highest BCUT2D eigenvalue weighted by atomic mass is 28.4. The SMILES string of the molecule is C=C[Si](C)(C)C(CC(C)(C)C)[Si](C)(C)F. The Morgan fingerprint density at radius 2 is 1.60 bits per heavy atom. The molecule has 0 aliphatic heterocycles. The van der Waals surface area contributed by atoms with E-state index in [1.165, 1.54) is 0 Å². The van der Waals surface area contributed by atoms with Crippen LogP contribution in [0.15, 0.2) is 12.3 Å². The zero-order chi connectivity index (χ0) is 12.5. The molecule has 0 amide bonds. The van der Waals surface area contributed by atoms with Gasteiger partial charge in [-0.05, 0) is 30.1 Å². The summed E-state index contributed by atoms with van der Waals surface area (Å²) in [7, 11) is -4.16. The Morgan fingerprint density at radius 3 is 1.80 bits per heavy atom. The summed E-state index contributed by atoms with van der Waals surface area (Å²) in [5.74, 6) is 0. The van der Waals surface area contributed by atoms with Crippen LogP contribution >= 0.6 is 0 Å². The minimum absolute atomic E-state index is 0.217. The van der Waals surface area contributed by atoms with Crippen LogP contribution in [-0.4, -0.2) is 16.5 Å². The van der Waals surface area contributed by atoms with Gasteiger partial charge in [0.25, 0.3) is 0 Å². The van der Waals surface area contributed by atoms with Crippen molar-refractivity contribution in [3.8, 4) is 0 Å². The lowest BCUT2D eigenvalue weighted by Gasteiger charge is -2.39. The maximum atomic E-state index is 14.4. The Morgan fingerprint density at radius 1 is 1.20 bits per heavy atom. The summed E-state index contributed by atoms with van der Waals surface area (Å²) >= 11 is 0. The van der Waals surface area contributed by atoms with Gasteiger partial charge in [0.1, 0.15) is 0 Å². The molecule has 0 radical (unpaired) electrons. The smallest absolute Gasteiger partial charge is 0.241 e. The van der Waals surface area contributed by atoms with Crippen molar-refractivity contribution in [3.05, 3.63) is 12.3 Å². The highest BCUT2D eigenvalue weighted by Gasteiger charge is 2.44. The normalized spacial score (nSPS) is 16.3. The quantitative estimate of drug-likeness (QED) is 0.487. The number of halogens is 1. The van der Waals surface area contributed by atoms with Crippen LogP contribution in [0, 0.1) is 5.41 Å². The summed E-state index contributed by atoms with van der Waals surface area (Å²) in [4.78, 5) is 0. The van der Waals surface area contributed by atoms with Crippen molar-refractivity contribution in [2.75, 3.05) is 0 Å². The van der Waals surface area contributed by atoms with Crippen molar-refractivity contribution in [1.29, 1.82) is 0 Å². The molecule has 0 aliphatic carbocycles. The number of hydrogen-bond acceptors (Lipinski definition) is 0. The molecule has 3 heteroatoms. The van der Waals surface area contributed by atoms with Crippen molar-refractivity contribution in [3.63, 3.8) is 0 Å². The van der Waals surface area contributed by atoms with Gasteiger partial charge in [-0.25, -0.2) is 0 Å². The molecule has 0 spiro atoms. The zero-order valence-corrected chi connectivity index (χ0v) is 13.4. The molecule has 0 rings (SSSR count). The Hall–Kier alpha value is 0.104. The highest BCUT2D eigenvalue weighted by molar-refractivity contribution is 6.97. The van der Waals surface area contributed by atoms with Gasteiger partial charge in [-0.3, -0.25) is 0 Å². The van der Waals surface area contributed by atoms with Crippen LogP contribution in [0.5, 0.6) is 0 Å². The van der Waals surface area contributed by atoms with Gasteiger partial charge >= 0.3 is 0 Å². The number of hydrogen-bond donors (Lipinski definition) is 0. The minimum atomic E-state index is -2.56. The van der Waals surface area contributed by atoms with Gasteiger partial charge in [-0.15, -0.1) is 12.3 Å². The first-order valence-electron chi connectivity index (χ1n) is 5.73. The van der Waals surface area contributed by atoms with Gasteiger partial charge < -0.3 is 4.11 Å². The van der Waals surface area contributed by atoms with Gasteiger partial charge in [0.05, 0.1) is 8.07 Å². The highest BCUT2D eigenvalue weighted by Crippen LogP contribution is 2.42. The summed E-state index contributed by atoms with van der Waals surface area (Å²) in [5.41, 5.74) is 2.27. The van der Waals surface area contributed by atoms with Gasteiger partial charge in [-0.2, -0.15) is 0 Å². The Kier molecular flexibility index (Phi) is 4.57. The minimum Gasteiger partial charge on any atom is -0.314 e. The fraction of sp³-hybridized carbons (Fsp3) is 0.833. The van der Waals surface area contributed by atoms with E-state index in [1.807, 2.05) is 13.1 Å². The van der Waals surface area contributed by atoms with Crippen molar-refractivity contribution in [1.82, 2.24) is 0 Å². The zero-order valence-electron chi connectivity index (χ0n) is 11.4. The summed E-state index contributed by atoms with van der Waals surface area (Å²) in [6, 6.07) is 0. The van der Waals surface area contributed by atoms with Crippen LogP contribution < -0.4 is 0 Å². The third-order valence-electron chi connectivity index (χ3n) is 3.07. The van der Waals surface area contributed by atoms with Crippen LogP contribution in [0.2, 0.25) is 31.4 Å². The molecular formula is C12H27FSi2. The lowest BCUT2D eigenvalue weighted by Crippen LogP contribution is -2.45. The van der Waals surface area contributed by atoms with Crippen molar-refractivity contribution in [2.24, 2.45) is 5.41 Å². The largest absolute Gasteiger partial charge is 0.314 e. The molecule has 15 heavy (non-hydrogen) atoms. The first kappa shape index (κ1) is 15.1. The summed E-state index contributed by atoms with van der Waals surface area (Å²) in [6.07, 6.45) is 0.994. The lowest BCUT2D eigenvalue weighted by molar-refractivity contribution is 0.379. The lowest BCUT2D eigenvalue weighted by atomic mass is 9.93. The summed E-state index contributed by atoms with van der Waals surface area (Å²) in [5, 5.41) is 0.280. The van der Waals surface area contributed by atoms with Gasteiger partial charge in [0, 0.05) is 0 Å². The fourth-order valence-electron chi connectivity index (χ4n) is 2.15. The molecule has 1 atom stereocenters. The van der Waals surface area contributed by atoms with Crippen LogP contribution in [0.3, 0.4) is 0 Å². The fourth-order valence-corrected chi connectivity index (χ4v) is 12.1. The molecule has 0 saturated heterocycles. The molecule has 0 heterocycles. The first-order valence-corrected chi connectivity index (χ1v) is 11.8. The monoisotopic (exact) mass is 246 g/mol. The summed E-state index contributed by atoms with van der Waals surface area (Å²) in [6.45, 7) is 18.7. The Labute approximate surface area is 97.2 Å². The van der Waals surface area contributed by atoms with Crippen LogP contribution in [0.1, 0.15) is 27.2 Å². The predicted molar refractivity (Wildman–Crippen MR) is 74.1 cm³/mol. The van der Waals surface area contributed by atoms with E-state index in [9.17, 15) is 4.11 Å². The Balaban J connectivity index is 5.01. The number of rotatable bonds is 4. The molecule has 0 N–H and O–H groups in total. The third-order valence-corrected chi connectivity index (χ3v) is 12.3. The van der Waals surface area contributed by atoms with Crippen LogP contribution in [0.4, 0.5) is 4.11 Å². The maximum absolute atomic E-state index is 14.4. The van der Waals surface area contributed by atoms with Gasteiger partial charge in [-0.1, -0.05) is 33.9 Å². The van der Waals surface area contributed by atoms with E-state index in [2.05, 4.69) is 46.1 Å². The molecule has 0 saturated carbocycles. The standard InChI is InChI=1S/C12H27FSi2/c1-9-14(5,6)11(15(7,8)13)10-12(2,3)4/h9,11H,1,10H2,2-8H3. The molecule has 0 aliphatic rings. The van der Waals surface area contributed by atoms with Gasteiger partial charge in [0.15, 0.2) is 0 Å². The first-order chi connectivity index (χ1) is 6.40. The molecule has 0 fully saturated rings. The third kappa shape index (κ3) is 5.11. The van der Waals surface area contributed by atoms with E-state index >= 15 is 0 Å². The molecule has 0 bridgehead atoms. The van der Waals surface area contributed by atoms with E-state index in [-0.39, 0.29) is 10.6 Å². The topological polar surface area (TPSA) is 0 Å². The maximum Gasteiger partial charge on any atom is 0.241 e. The molecule has 0 nitrogen and oxygen atoms in total. The molecule has 0 aromatic carbocycles. The molecule has 0 aromatic heterocycles. The molecule has 0 aromatic rings. The van der Waals surface area contributed by atoms with E-state index in [0.29, 0.717) is 0 Å². The average molecular weight is 247 g/mol. The molecule has 90 valence electrons. The second-order valence-corrected chi connectivity index (χ2v) is 16.1. The van der Waals surface area contributed by atoms with Crippen molar-refractivity contribution >= 4 is 16.5 Å². The molecular weight excluding hydrogens is 219 g/mol. The van der Waals surface area contributed by atoms with Crippen molar-refractivity contribution < 1.29 is 4.11 Å². The second kappa shape index (κ2) is 4.54. The summed E-state index contributed by atoms with van der Waals surface area (Å²) < 4.78 is 14.4. The van der Waals surface area contributed by atoms with Crippen molar-refractivity contribution in [2.45, 2.75) is 58.5 Å². The van der Waals surface area contributed by atoms with E-state index in [4.69, 9.17) is 0 Å². The van der Waals surface area contributed by atoms with E-state index in [1.54, 1.807) is 0 Å². The van der Waals surface area contributed by atoms with E-state index in [0.717, 1.165) is 6.42 Å². The Bertz CT molecular complexity index is 221. The average Bonchev–Trinajstić information content (AvgIpc) is 1.96.